The Kier molecular flexibility index (Phi) is 7.64. The lowest BCUT2D eigenvalue weighted by Gasteiger charge is -2.32. The molecule has 0 spiro atoms. The number of nitrogens with one attached hydrogen (secondary N) is 1. The van der Waals surface area contributed by atoms with Gasteiger partial charge in [0.1, 0.15) is 12.3 Å². The highest BCUT2D eigenvalue weighted by atomic mass is 16.5. The highest BCUT2D eigenvalue weighted by Crippen LogP contribution is 2.30. The number of hydrogen-bond acceptors (Lipinski definition) is 8. The molecule has 0 saturated heterocycles. The molecule has 1 aromatic carbocycles. The van der Waals surface area contributed by atoms with Gasteiger partial charge in [0.2, 0.25) is 0 Å². The van der Waals surface area contributed by atoms with E-state index in [1.54, 1.807) is 13.2 Å². The lowest BCUT2D eigenvalue weighted by molar-refractivity contribution is -0.144. The fourth-order valence-electron chi connectivity index (χ4n) is 4.51. The Bertz CT molecular complexity index is 1390. The third kappa shape index (κ3) is 5.38. The van der Waals surface area contributed by atoms with Gasteiger partial charge in [-0.3, -0.25) is 14.5 Å². The van der Waals surface area contributed by atoms with Crippen molar-refractivity contribution in [3.63, 3.8) is 0 Å². The number of furan rings is 1. The van der Waals surface area contributed by atoms with Gasteiger partial charge in [0.25, 0.3) is 5.56 Å². The number of H-pyrrole nitrogens is 1. The van der Waals surface area contributed by atoms with Crippen molar-refractivity contribution >= 4 is 16.9 Å². The second-order valence-corrected chi connectivity index (χ2v) is 9.27. The molecule has 36 heavy (non-hydrogen) atoms. The summed E-state index contributed by atoms with van der Waals surface area (Å²) in [5.74, 6) is 0.904. The first-order valence-electron chi connectivity index (χ1n) is 12.1. The molecule has 0 amide bonds. The maximum atomic E-state index is 13.2. The van der Waals surface area contributed by atoms with Crippen LogP contribution in [0.25, 0.3) is 10.9 Å². The van der Waals surface area contributed by atoms with Crippen LogP contribution in [0.3, 0.4) is 0 Å². The molecule has 10 nitrogen and oxygen atoms in total. The van der Waals surface area contributed by atoms with Crippen molar-refractivity contribution < 1.29 is 13.9 Å². The van der Waals surface area contributed by atoms with Crippen molar-refractivity contribution in [3.8, 4) is 0 Å². The lowest BCUT2D eigenvalue weighted by Crippen LogP contribution is -2.35. The number of ether oxygens (including phenoxy) is 1. The van der Waals surface area contributed by atoms with Crippen molar-refractivity contribution in [2.75, 3.05) is 6.61 Å². The van der Waals surface area contributed by atoms with Gasteiger partial charge >= 0.3 is 5.97 Å². The molecule has 0 radical (unpaired) electrons. The molecule has 4 rings (SSSR count). The lowest BCUT2D eigenvalue weighted by atomic mass is 9.99. The molecule has 0 aliphatic heterocycles. The Morgan fingerprint density at radius 3 is 2.72 bits per heavy atom. The number of carbonyl (C=O) groups is 1. The first kappa shape index (κ1) is 25.3. The number of esters is 1. The summed E-state index contributed by atoms with van der Waals surface area (Å²) >= 11 is 0. The Balaban J connectivity index is 1.75. The molecule has 0 saturated carbocycles. The summed E-state index contributed by atoms with van der Waals surface area (Å²) in [7, 11) is 0. The van der Waals surface area contributed by atoms with E-state index in [-0.39, 0.29) is 30.7 Å². The maximum absolute atomic E-state index is 13.2. The van der Waals surface area contributed by atoms with E-state index in [0.29, 0.717) is 24.5 Å². The molecule has 190 valence electrons. The van der Waals surface area contributed by atoms with Gasteiger partial charge in [0.15, 0.2) is 5.82 Å². The standard InChI is InChI=1S/C26H32N6O4/c1-6-35-22(33)15-32-25(28-29-30-32)24(16(2)3)31(14-21-8-7-11-36-21)13-20-12-19-10-9-17(4)18(5)23(19)27-26(20)34/h7-12,16,24H,6,13-15H2,1-5H3,(H,27,34). The van der Waals surface area contributed by atoms with E-state index in [4.69, 9.17) is 9.15 Å². The monoisotopic (exact) mass is 492 g/mol. The molecule has 3 heterocycles. The molecule has 0 aliphatic carbocycles. The van der Waals surface area contributed by atoms with Crippen molar-refractivity contribution in [2.45, 2.75) is 60.3 Å². The Morgan fingerprint density at radius 1 is 1.22 bits per heavy atom. The molecular weight excluding hydrogens is 460 g/mol. The van der Waals surface area contributed by atoms with Crippen LogP contribution in [0, 0.1) is 19.8 Å². The molecule has 1 unspecified atom stereocenters. The molecule has 0 fully saturated rings. The highest BCUT2D eigenvalue weighted by molar-refractivity contribution is 5.83. The fourth-order valence-corrected chi connectivity index (χ4v) is 4.51. The van der Waals surface area contributed by atoms with E-state index in [1.807, 2.05) is 38.1 Å². The number of hydrogen-bond donors (Lipinski definition) is 1. The fraction of sp³-hybridized carbons (Fsp3) is 0.423. The minimum absolute atomic E-state index is 0.0522. The van der Waals surface area contributed by atoms with Crippen LogP contribution in [0.2, 0.25) is 0 Å². The van der Waals surface area contributed by atoms with Crippen LogP contribution in [-0.2, 0) is 29.2 Å². The van der Waals surface area contributed by atoms with Gasteiger partial charge < -0.3 is 14.1 Å². The number of aromatic amines is 1. The number of benzene rings is 1. The number of nitrogens with zero attached hydrogens (tertiary/aromatic N) is 5. The van der Waals surface area contributed by atoms with Gasteiger partial charge in [0, 0.05) is 12.1 Å². The average molecular weight is 493 g/mol. The summed E-state index contributed by atoms with van der Waals surface area (Å²) < 4.78 is 12.2. The highest BCUT2D eigenvalue weighted by Gasteiger charge is 2.31. The normalized spacial score (nSPS) is 12.5. The molecule has 0 aliphatic rings. The maximum Gasteiger partial charge on any atom is 0.327 e. The number of aryl methyl sites for hydroxylation is 2. The molecule has 1 atom stereocenters. The predicted octanol–water partition coefficient (Wildman–Crippen LogP) is 3.69. The van der Waals surface area contributed by atoms with Crippen LogP contribution < -0.4 is 5.56 Å². The largest absolute Gasteiger partial charge is 0.468 e. The molecule has 1 N–H and O–H groups in total. The van der Waals surface area contributed by atoms with E-state index in [1.165, 1.54) is 4.68 Å². The smallest absolute Gasteiger partial charge is 0.327 e. The topological polar surface area (TPSA) is 119 Å². The summed E-state index contributed by atoms with van der Waals surface area (Å²) in [6, 6.07) is 9.43. The van der Waals surface area contributed by atoms with Crippen LogP contribution in [0.1, 0.15) is 55.1 Å². The number of tetrazole rings is 1. The summed E-state index contributed by atoms with van der Waals surface area (Å²) in [5, 5.41) is 13.1. The van der Waals surface area contributed by atoms with Gasteiger partial charge in [-0.2, -0.15) is 0 Å². The van der Waals surface area contributed by atoms with Crippen molar-refractivity contribution in [2.24, 2.45) is 5.92 Å². The van der Waals surface area contributed by atoms with E-state index in [2.05, 4.69) is 45.3 Å². The van der Waals surface area contributed by atoms with Crippen molar-refractivity contribution in [1.82, 2.24) is 30.1 Å². The van der Waals surface area contributed by atoms with Gasteiger partial charge in [0.05, 0.1) is 31.0 Å². The third-order valence-corrected chi connectivity index (χ3v) is 6.37. The SMILES string of the molecule is CCOC(=O)Cn1nnnc1C(C(C)C)N(Cc1ccco1)Cc1cc2ccc(C)c(C)c2[nH]c1=O. The van der Waals surface area contributed by atoms with Crippen LogP contribution in [0.15, 0.2) is 45.8 Å². The molecular formula is C26H32N6O4. The van der Waals surface area contributed by atoms with E-state index >= 15 is 0 Å². The molecule has 4 aromatic rings. The molecule has 3 aromatic heterocycles. The minimum Gasteiger partial charge on any atom is -0.468 e. The predicted molar refractivity (Wildman–Crippen MR) is 134 cm³/mol. The Morgan fingerprint density at radius 2 is 2.03 bits per heavy atom. The van der Waals surface area contributed by atoms with Crippen LogP contribution >= 0.6 is 0 Å². The van der Waals surface area contributed by atoms with Crippen LogP contribution in [0.5, 0.6) is 0 Å². The number of rotatable bonds is 10. The molecule has 0 bridgehead atoms. The zero-order chi connectivity index (χ0) is 25.8. The Hall–Kier alpha value is -3.79. The number of pyridine rings is 1. The van der Waals surface area contributed by atoms with Gasteiger partial charge in [-0.15, -0.1) is 5.10 Å². The van der Waals surface area contributed by atoms with Crippen LogP contribution in [-0.4, -0.2) is 42.7 Å². The summed E-state index contributed by atoms with van der Waals surface area (Å²) in [6.07, 6.45) is 1.62. The zero-order valence-electron chi connectivity index (χ0n) is 21.3. The molecule has 10 heteroatoms. The van der Waals surface area contributed by atoms with Crippen molar-refractivity contribution in [3.05, 3.63) is 75.2 Å². The second kappa shape index (κ2) is 10.9. The zero-order valence-corrected chi connectivity index (χ0v) is 21.3. The quantitative estimate of drug-likeness (QED) is 0.333. The average Bonchev–Trinajstić information content (AvgIpc) is 3.50. The number of aromatic nitrogens is 5. The summed E-state index contributed by atoms with van der Waals surface area (Å²) in [6.45, 7) is 10.8. The third-order valence-electron chi connectivity index (χ3n) is 6.37. The van der Waals surface area contributed by atoms with Gasteiger partial charge in [-0.1, -0.05) is 26.0 Å². The first-order valence-corrected chi connectivity index (χ1v) is 12.1. The first-order chi connectivity index (χ1) is 17.3. The summed E-state index contributed by atoms with van der Waals surface area (Å²) in [5.41, 5.74) is 3.50. The van der Waals surface area contributed by atoms with E-state index in [9.17, 15) is 9.59 Å². The number of carbonyl (C=O) groups excluding carboxylic acids is 1. The van der Waals surface area contributed by atoms with E-state index < -0.39 is 5.97 Å². The van der Waals surface area contributed by atoms with Crippen LogP contribution in [0.4, 0.5) is 0 Å². The number of fused-ring (bicyclic) bond motifs is 1. The second-order valence-electron chi connectivity index (χ2n) is 9.27. The van der Waals surface area contributed by atoms with Gasteiger partial charge in [-0.05, 0) is 71.8 Å². The minimum atomic E-state index is -0.414. The summed E-state index contributed by atoms with van der Waals surface area (Å²) in [4.78, 5) is 30.5. The Labute approximate surface area is 209 Å². The van der Waals surface area contributed by atoms with E-state index in [0.717, 1.165) is 27.8 Å². The van der Waals surface area contributed by atoms with Gasteiger partial charge in [-0.25, -0.2) is 4.68 Å². The van der Waals surface area contributed by atoms with Crippen molar-refractivity contribution in [1.29, 1.82) is 0 Å².